The van der Waals surface area contributed by atoms with Gasteiger partial charge in [0.05, 0.1) is 0 Å². The van der Waals surface area contributed by atoms with Gasteiger partial charge in [-0.3, -0.25) is 0 Å². The summed E-state index contributed by atoms with van der Waals surface area (Å²) in [6, 6.07) is 43.9. The van der Waals surface area contributed by atoms with Crippen LogP contribution in [0.3, 0.4) is 0 Å². The van der Waals surface area contributed by atoms with Gasteiger partial charge < -0.3 is 35.4 Å². The van der Waals surface area contributed by atoms with Crippen molar-refractivity contribution >= 4 is 0 Å². The van der Waals surface area contributed by atoms with E-state index in [1.807, 2.05) is 0 Å². The number of rotatable bonds is 9. The Morgan fingerprint density at radius 2 is 0.594 bits per heavy atom. The van der Waals surface area contributed by atoms with E-state index in [2.05, 4.69) is 132 Å². The highest BCUT2D eigenvalue weighted by atomic mass is 35.5. The summed E-state index contributed by atoms with van der Waals surface area (Å²) in [4.78, 5) is 0. The Hall–Kier alpha value is -2.62. The predicted octanol–water partition coefficient (Wildman–Crippen LogP) is -2.30. The average Bonchev–Trinajstić information content (AvgIpc) is 2.84. The van der Waals surface area contributed by atoms with Gasteiger partial charge in [-0.1, -0.05) is 121 Å². The first-order chi connectivity index (χ1) is 14.9. The first-order valence-electron chi connectivity index (χ1n) is 10.8. The Kier molecular flexibility index (Phi) is 11.0. The van der Waals surface area contributed by atoms with Crippen molar-refractivity contribution in [3.05, 3.63) is 144 Å². The molecule has 0 bridgehead atoms. The fourth-order valence-corrected chi connectivity index (χ4v) is 4.10. The van der Waals surface area contributed by atoms with Gasteiger partial charge >= 0.3 is 0 Å². The summed E-state index contributed by atoms with van der Waals surface area (Å²) < 4.78 is 0. The van der Waals surface area contributed by atoms with Crippen LogP contribution in [0.25, 0.3) is 0 Å². The standard InChI is InChI=1S/C28H28N2.2ClH/c1-5-13-23(14-6-1)27(24-15-7-2-8-16-24)29-21-22-30-28(25-17-9-3-10-18-25)26-19-11-4-12-20-26;;/h1-20,27-30H,21-22H2;2*1H. The molecular formula is C28H30Cl2N2. The Bertz CT molecular complexity index is 833. The molecular weight excluding hydrogens is 435 g/mol. The van der Waals surface area contributed by atoms with Gasteiger partial charge in [0.2, 0.25) is 0 Å². The zero-order valence-corrected chi connectivity index (χ0v) is 19.5. The Labute approximate surface area is 203 Å². The second kappa shape index (κ2) is 13.7. The molecule has 32 heavy (non-hydrogen) atoms. The average molecular weight is 465 g/mol. The molecule has 0 saturated carbocycles. The van der Waals surface area contributed by atoms with Gasteiger partial charge in [0, 0.05) is 22.3 Å². The van der Waals surface area contributed by atoms with Crippen LogP contribution in [0.2, 0.25) is 0 Å². The molecule has 166 valence electrons. The number of quaternary nitrogens is 2. The summed E-state index contributed by atoms with van der Waals surface area (Å²) in [7, 11) is 0. The Morgan fingerprint density at radius 1 is 0.375 bits per heavy atom. The molecule has 0 aliphatic rings. The van der Waals surface area contributed by atoms with Crippen molar-refractivity contribution in [2.45, 2.75) is 12.1 Å². The van der Waals surface area contributed by atoms with Crippen molar-refractivity contribution in [3.63, 3.8) is 0 Å². The maximum absolute atomic E-state index is 2.47. The van der Waals surface area contributed by atoms with Gasteiger partial charge in [0.1, 0.15) is 25.2 Å². The lowest BCUT2D eigenvalue weighted by Crippen LogP contribution is -3.00. The van der Waals surface area contributed by atoms with Crippen LogP contribution >= 0.6 is 0 Å². The molecule has 0 atom stereocenters. The Morgan fingerprint density at radius 3 is 0.812 bits per heavy atom. The number of hydrogen-bond acceptors (Lipinski definition) is 0. The summed E-state index contributed by atoms with van der Waals surface area (Å²) in [5.41, 5.74) is 5.41. The van der Waals surface area contributed by atoms with Crippen LogP contribution < -0.4 is 35.4 Å². The fraction of sp³-hybridized carbons (Fsp3) is 0.143. The minimum absolute atomic E-state index is 0. The molecule has 0 aromatic heterocycles. The smallest absolute Gasteiger partial charge is 0.137 e. The number of halogens is 2. The highest BCUT2D eigenvalue weighted by molar-refractivity contribution is 5.30. The van der Waals surface area contributed by atoms with E-state index in [-0.39, 0.29) is 24.8 Å². The minimum atomic E-state index is 0. The van der Waals surface area contributed by atoms with Crippen molar-refractivity contribution in [2.75, 3.05) is 13.1 Å². The lowest BCUT2D eigenvalue weighted by molar-refractivity contribution is -0.753. The van der Waals surface area contributed by atoms with Gasteiger partial charge in [-0.05, 0) is 0 Å². The monoisotopic (exact) mass is 464 g/mol. The van der Waals surface area contributed by atoms with Gasteiger partial charge in [-0.2, -0.15) is 0 Å². The quantitative estimate of drug-likeness (QED) is 0.261. The molecule has 0 radical (unpaired) electrons. The van der Waals surface area contributed by atoms with Crippen molar-refractivity contribution in [1.29, 1.82) is 0 Å². The largest absolute Gasteiger partial charge is 1.00 e. The van der Waals surface area contributed by atoms with Gasteiger partial charge in [-0.15, -0.1) is 0 Å². The molecule has 0 heterocycles. The zero-order chi connectivity index (χ0) is 20.4. The molecule has 0 fully saturated rings. The van der Waals surface area contributed by atoms with Crippen LogP contribution in [0, 0.1) is 0 Å². The lowest BCUT2D eigenvalue weighted by atomic mass is 9.98. The molecule has 0 aliphatic carbocycles. The van der Waals surface area contributed by atoms with Gasteiger partial charge in [0.25, 0.3) is 0 Å². The van der Waals surface area contributed by atoms with Gasteiger partial charge in [-0.25, -0.2) is 0 Å². The SMILES string of the molecule is [Cl-].[Cl-].c1ccc(C([NH2+]CC[NH2+]C(c2ccccc2)c2ccccc2)c2ccccc2)cc1. The van der Waals surface area contributed by atoms with E-state index in [0.29, 0.717) is 12.1 Å². The highest BCUT2D eigenvalue weighted by Crippen LogP contribution is 2.18. The third kappa shape index (κ3) is 6.94. The van der Waals surface area contributed by atoms with Crippen LogP contribution in [0.15, 0.2) is 121 Å². The molecule has 4 aromatic rings. The van der Waals surface area contributed by atoms with Crippen molar-refractivity contribution < 1.29 is 35.4 Å². The topological polar surface area (TPSA) is 33.2 Å². The maximum atomic E-state index is 2.47. The second-order valence-corrected chi connectivity index (χ2v) is 7.65. The Balaban J connectivity index is 0.00000181. The van der Waals surface area contributed by atoms with Crippen molar-refractivity contribution in [1.82, 2.24) is 0 Å². The van der Waals surface area contributed by atoms with Crippen LogP contribution in [-0.2, 0) is 0 Å². The molecule has 4 N–H and O–H groups in total. The molecule has 0 aliphatic heterocycles. The van der Waals surface area contributed by atoms with E-state index in [0.717, 1.165) is 13.1 Å². The van der Waals surface area contributed by atoms with Crippen LogP contribution in [0.5, 0.6) is 0 Å². The summed E-state index contributed by atoms with van der Waals surface area (Å²) in [6.07, 6.45) is 0. The summed E-state index contributed by atoms with van der Waals surface area (Å²) in [6.45, 7) is 2.09. The summed E-state index contributed by atoms with van der Waals surface area (Å²) >= 11 is 0. The molecule has 0 amide bonds. The molecule has 4 aromatic carbocycles. The molecule has 2 nitrogen and oxygen atoms in total. The van der Waals surface area contributed by atoms with Crippen molar-refractivity contribution in [3.8, 4) is 0 Å². The first kappa shape index (κ1) is 25.6. The second-order valence-electron chi connectivity index (χ2n) is 7.65. The van der Waals surface area contributed by atoms with E-state index in [1.54, 1.807) is 0 Å². The normalized spacial score (nSPS) is 10.4. The number of nitrogens with two attached hydrogens (primary N) is 2. The summed E-state index contributed by atoms with van der Waals surface area (Å²) in [5.74, 6) is 0. The predicted molar refractivity (Wildman–Crippen MR) is 123 cm³/mol. The third-order valence-electron chi connectivity index (χ3n) is 5.61. The van der Waals surface area contributed by atoms with E-state index in [1.165, 1.54) is 22.3 Å². The maximum Gasteiger partial charge on any atom is 0.137 e. The fourth-order valence-electron chi connectivity index (χ4n) is 4.10. The molecule has 0 unspecified atom stereocenters. The van der Waals surface area contributed by atoms with Crippen LogP contribution in [-0.4, -0.2) is 13.1 Å². The van der Waals surface area contributed by atoms with Gasteiger partial charge in [0.15, 0.2) is 0 Å². The van der Waals surface area contributed by atoms with E-state index >= 15 is 0 Å². The minimum Gasteiger partial charge on any atom is -1.00 e. The molecule has 4 rings (SSSR count). The van der Waals surface area contributed by atoms with E-state index in [9.17, 15) is 0 Å². The summed E-state index contributed by atoms with van der Waals surface area (Å²) in [5, 5.41) is 4.93. The molecule has 0 saturated heterocycles. The molecule has 0 spiro atoms. The number of benzene rings is 4. The van der Waals surface area contributed by atoms with Crippen LogP contribution in [0.4, 0.5) is 0 Å². The van der Waals surface area contributed by atoms with E-state index < -0.39 is 0 Å². The molecule has 4 heteroatoms. The lowest BCUT2D eigenvalue weighted by Gasteiger charge is -2.19. The number of hydrogen-bond donors (Lipinski definition) is 2. The van der Waals surface area contributed by atoms with Crippen molar-refractivity contribution in [2.24, 2.45) is 0 Å². The highest BCUT2D eigenvalue weighted by Gasteiger charge is 2.19. The zero-order valence-electron chi connectivity index (χ0n) is 18.0. The first-order valence-corrected chi connectivity index (χ1v) is 10.8. The third-order valence-corrected chi connectivity index (χ3v) is 5.61. The van der Waals surface area contributed by atoms with Crippen LogP contribution in [0.1, 0.15) is 34.3 Å². The van der Waals surface area contributed by atoms with E-state index in [4.69, 9.17) is 0 Å².